The molecule has 0 N–H and O–H groups in total. The minimum Gasteiger partial charge on any atom is -0.377 e. The molecule has 66 valence electrons. The highest BCUT2D eigenvalue weighted by Crippen LogP contribution is 2.07. The summed E-state index contributed by atoms with van der Waals surface area (Å²) in [5.74, 6) is 0.596. The van der Waals surface area contributed by atoms with E-state index < -0.39 is 0 Å². The predicted molar refractivity (Wildman–Crippen MR) is 49.9 cm³/mol. The predicted octanol–water partition coefficient (Wildman–Crippen LogP) is 3.19. The van der Waals surface area contributed by atoms with Crippen LogP contribution in [0.4, 0.5) is 0 Å². The maximum Gasteiger partial charge on any atom is 0.0688 e. The Bertz CT molecular complexity index is 134. The van der Waals surface area contributed by atoms with Crippen molar-refractivity contribution in [2.24, 2.45) is 5.92 Å². The molecule has 0 aromatic heterocycles. The highest BCUT2D eigenvalue weighted by Gasteiger charge is 1.96. The molecule has 0 aliphatic rings. The van der Waals surface area contributed by atoms with Gasteiger partial charge in [-0.25, -0.2) is 0 Å². The lowest BCUT2D eigenvalue weighted by Gasteiger charge is -2.07. The van der Waals surface area contributed by atoms with Crippen molar-refractivity contribution in [3.8, 4) is 0 Å². The number of ether oxygens (including phenoxy) is 1. The Kier molecular flexibility index (Phi) is 5.61. The van der Waals surface area contributed by atoms with E-state index in [0.717, 1.165) is 17.2 Å². The van der Waals surface area contributed by atoms with Gasteiger partial charge in [-0.05, 0) is 25.3 Å². The van der Waals surface area contributed by atoms with Crippen LogP contribution in [0.5, 0.6) is 0 Å². The Morgan fingerprint density at radius 2 is 1.91 bits per heavy atom. The van der Waals surface area contributed by atoms with Gasteiger partial charge in [0.15, 0.2) is 0 Å². The maximum absolute atomic E-state index is 5.74. The number of allylic oxidation sites excluding steroid dienone is 1. The molecule has 0 atom stereocenters. The van der Waals surface area contributed by atoms with Gasteiger partial charge in [0.05, 0.1) is 6.61 Å². The second-order valence-electron chi connectivity index (χ2n) is 3.22. The van der Waals surface area contributed by atoms with E-state index >= 15 is 0 Å². The van der Waals surface area contributed by atoms with Gasteiger partial charge in [0.2, 0.25) is 0 Å². The molecule has 0 bridgehead atoms. The van der Waals surface area contributed by atoms with Crippen molar-refractivity contribution < 1.29 is 4.74 Å². The van der Waals surface area contributed by atoms with Gasteiger partial charge in [0, 0.05) is 11.6 Å². The molecule has 0 fully saturated rings. The van der Waals surface area contributed by atoms with E-state index in [4.69, 9.17) is 16.3 Å². The molecule has 0 saturated carbocycles. The molecule has 11 heavy (non-hydrogen) atoms. The zero-order chi connectivity index (χ0) is 8.85. The molecule has 0 radical (unpaired) electrons. The number of hydrogen-bond acceptors (Lipinski definition) is 1. The quantitative estimate of drug-likeness (QED) is 0.640. The molecule has 0 unspecified atom stereocenters. The second kappa shape index (κ2) is 5.62. The van der Waals surface area contributed by atoms with E-state index in [1.54, 1.807) is 0 Å². The molecule has 2 heteroatoms. The molecule has 0 aromatic carbocycles. The van der Waals surface area contributed by atoms with Gasteiger partial charge in [0.25, 0.3) is 0 Å². The summed E-state index contributed by atoms with van der Waals surface area (Å²) in [4.78, 5) is 0. The summed E-state index contributed by atoms with van der Waals surface area (Å²) in [6, 6.07) is 0. The van der Waals surface area contributed by atoms with Crippen LogP contribution in [0.3, 0.4) is 0 Å². The Balaban J connectivity index is 3.48. The van der Waals surface area contributed by atoms with Crippen LogP contribution in [-0.2, 0) is 4.74 Å². The van der Waals surface area contributed by atoms with Crippen molar-refractivity contribution in [1.82, 2.24) is 0 Å². The van der Waals surface area contributed by atoms with Crippen molar-refractivity contribution in [3.63, 3.8) is 0 Å². The van der Waals surface area contributed by atoms with Gasteiger partial charge in [0.1, 0.15) is 0 Å². The second-order valence-corrected chi connectivity index (χ2v) is 3.79. The average Bonchev–Trinajstić information content (AvgIpc) is 1.86. The van der Waals surface area contributed by atoms with Crippen molar-refractivity contribution >= 4 is 11.6 Å². The van der Waals surface area contributed by atoms with E-state index in [-0.39, 0.29) is 0 Å². The van der Waals surface area contributed by atoms with E-state index in [1.807, 2.05) is 13.8 Å². The van der Waals surface area contributed by atoms with Crippen LogP contribution in [0.1, 0.15) is 27.7 Å². The number of halogens is 1. The van der Waals surface area contributed by atoms with Crippen molar-refractivity contribution in [1.29, 1.82) is 0 Å². The normalized spacial score (nSPS) is 13.6. The summed E-state index contributed by atoms with van der Waals surface area (Å²) in [7, 11) is 0. The van der Waals surface area contributed by atoms with E-state index in [1.165, 1.54) is 0 Å². The third-order valence-corrected chi connectivity index (χ3v) is 1.68. The average molecular weight is 177 g/mol. The maximum atomic E-state index is 5.74. The topological polar surface area (TPSA) is 9.23 Å². The van der Waals surface area contributed by atoms with Gasteiger partial charge >= 0.3 is 0 Å². The van der Waals surface area contributed by atoms with Crippen molar-refractivity contribution in [2.45, 2.75) is 27.7 Å². The SMILES string of the molecule is C/C(Cl)=C(\C)COCC(C)C. The Morgan fingerprint density at radius 1 is 1.36 bits per heavy atom. The lowest BCUT2D eigenvalue weighted by molar-refractivity contribution is 0.129. The Hall–Kier alpha value is -0.0100. The van der Waals surface area contributed by atoms with Crippen molar-refractivity contribution in [2.75, 3.05) is 13.2 Å². The van der Waals surface area contributed by atoms with Gasteiger partial charge in [-0.2, -0.15) is 0 Å². The molecule has 0 aromatic rings. The molecular weight excluding hydrogens is 160 g/mol. The summed E-state index contributed by atoms with van der Waals surface area (Å²) in [6.45, 7) is 9.60. The van der Waals surface area contributed by atoms with Crippen LogP contribution in [-0.4, -0.2) is 13.2 Å². The first-order valence-corrected chi connectivity index (χ1v) is 4.31. The lowest BCUT2D eigenvalue weighted by Crippen LogP contribution is -2.04. The molecule has 0 amide bonds. The minimum atomic E-state index is 0.596. The number of rotatable bonds is 4. The fourth-order valence-electron chi connectivity index (χ4n) is 0.547. The Labute approximate surface area is 74.4 Å². The van der Waals surface area contributed by atoms with Crippen LogP contribution in [0.2, 0.25) is 0 Å². The molecule has 1 nitrogen and oxygen atoms in total. The lowest BCUT2D eigenvalue weighted by atomic mass is 10.2. The molecule has 0 heterocycles. The zero-order valence-electron chi connectivity index (χ0n) is 7.78. The monoisotopic (exact) mass is 176 g/mol. The van der Waals surface area contributed by atoms with Crippen LogP contribution in [0, 0.1) is 5.92 Å². The molecule has 0 saturated heterocycles. The fraction of sp³-hybridized carbons (Fsp3) is 0.778. The summed E-state index contributed by atoms with van der Waals surface area (Å²) >= 11 is 5.74. The summed E-state index contributed by atoms with van der Waals surface area (Å²) in [5, 5.41) is 0.841. The van der Waals surface area contributed by atoms with Gasteiger partial charge in [-0.3, -0.25) is 0 Å². The van der Waals surface area contributed by atoms with Gasteiger partial charge < -0.3 is 4.74 Å². The molecule has 0 rings (SSSR count). The smallest absolute Gasteiger partial charge is 0.0688 e. The first-order valence-electron chi connectivity index (χ1n) is 3.93. The fourth-order valence-corrected chi connectivity index (χ4v) is 0.602. The van der Waals surface area contributed by atoms with Crippen LogP contribution in [0.15, 0.2) is 10.6 Å². The van der Waals surface area contributed by atoms with Crippen molar-refractivity contribution in [3.05, 3.63) is 10.6 Å². The number of hydrogen-bond donors (Lipinski definition) is 0. The van der Waals surface area contributed by atoms with Gasteiger partial charge in [-0.15, -0.1) is 0 Å². The molecular formula is C9H17ClO. The summed E-state index contributed by atoms with van der Waals surface area (Å²) in [6.07, 6.45) is 0. The first kappa shape index (κ1) is 11.0. The van der Waals surface area contributed by atoms with Crippen LogP contribution < -0.4 is 0 Å². The van der Waals surface area contributed by atoms with Crippen LogP contribution >= 0.6 is 11.6 Å². The molecule has 0 spiro atoms. The minimum absolute atomic E-state index is 0.596. The first-order chi connectivity index (χ1) is 5.04. The third kappa shape index (κ3) is 6.39. The summed E-state index contributed by atoms with van der Waals surface area (Å²) in [5.41, 5.74) is 1.12. The van der Waals surface area contributed by atoms with E-state index in [2.05, 4.69) is 13.8 Å². The highest BCUT2D eigenvalue weighted by atomic mass is 35.5. The summed E-state index contributed by atoms with van der Waals surface area (Å²) < 4.78 is 5.38. The van der Waals surface area contributed by atoms with E-state index in [0.29, 0.717) is 12.5 Å². The highest BCUT2D eigenvalue weighted by molar-refractivity contribution is 6.29. The Morgan fingerprint density at radius 3 is 2.27 bits per heavy atom. The largest absolute Gasteiger partial charge is 0.377 e. The molecule has 0 aliphatic carbocycles. The standard InChI is InChI=1S/C9H17ClO/c1-7(2)5-11-6-8(3)9(4)10/h7H,5-6H2,1-4H3/b9-8-. The van der Waals surface area contributed by atoms with Crippen LogP contribution in [0.25, 0.3) is 0 Å². The van der Waals surface area contributed by atoms with E-state index in [9.17, 15) is 0 Å². The third-order valence-electron chi connectivity index (χ3n) is 1.36. The molecule has 0 aliphatic heterocycles. The zero-order valence-corrected chi connectivity index (χ0v) is 8.53. The van der Waals surface area contributed by atoms with Gasteiger partial charge in [-0.1, -0.05) is 25.4 Å².